The lowest BCUT2D eigenvalue weighted by atomic mass is 10.1. The Morgan fingerprint density at radius 3 is 2.54 bits per heavy atom. The molecule has 0 bridgehead atoms. The van der Waals surface area contributed by atoms with Crippen molar-refractivity contribution in [1.29, 1.82) is 0 Å². The summed E-state index contributed by atoms with van der Waals surface area (Å²) in [5, 5.41) is 8.58. The molecule has 0 fully saturated rings. The molecule has 7 heteroatoms. The second-order valence-electron chi connectivity index (χ2n) is 5.62. The smallest absolute Gasteiger partial charge is 0.304 e. The summed E-state index contributed by atoms with van der Waals surface area (Å²) in [6.45, 7) is 1.71. The van der Waals surface area contributed by atoms with Crippen molar-refractivity contribution >= 4 is 27.9 Å². The highest BCUT2D eigenvalue weighted by atomic mass is 32.2. The number of carbonyl (C=O) groups is 2. The van der Waals surface area contributed by atoms with Gasteiger partial charge >= 0.3 is 5.97 Å². The molecule has 0 saturated heterocycles. The molecule has 136 valence electrons. The van der Waals surface area contributed by atoms with Crippen LogP contribution in [0.3, 0.4) is 0 Å². The standard InChI is InChI=1S/C19H19NO5S/c1-14-5-2-3-6-15(14)9-10-18(21)16-7-4-8-17(13-16)26(24,25)20-12-11-19(22)23/h2-10,13,20H,11-12H2,1H3,(H,22,23)/b10-9+. The van der Waals surface area contributed by atoms with Crippen molar-refractivity contribution in [2.75, 3.05) is 6.54 Å². The van der Waals surface area contributed by atoms with Gasteiger partial charge < -0.3 is 5.11 Å². The maximum atomic E-state index is 12.3. The minimum Gasteiger partial charge on any atom is -0.481 e. The van der Waals surface area contributed by atoms with E-state index in [9.17, 15) is 18.0 Å². The van der Waals surface area contributed by atoms with Crippen LogP contribution in [0, 0.1) is 6.92 Å². The van der Waals surface area contributed by atoms with Gasteiger partial charge in [0.05, 0.1) is 11.3 Å². The Morgan fingerprint density at radius 2 is 1.85 bits per heavy atom. The van der Waals surface area contributed by atoms with Crippen LogP contribution in [0.1, 0.15) is 27.9 Å². The van der Waals surface area contributed by atoms with E-state index in [2.05, 4.69) is 4.72 Å². The number of hydrogen-bond donors (Lipinski definition) is 2. The van der Waals surface area contributed by atoms with E-state index in [-0.39, 0.29) is 29.2 Å². The first-order valence-electron chi connectivity index (χ1n) is 7.89. The highest BCUT2D eigenvalue weighted by molar-refractivity contribution is 7.89. The normalized spacial score (nSPS) is 11.6. The molecule has 0 unspecified atom stereocenters. The monoisotopic (exact) mass is 373 g/mol. The number of nitrogens with one attached hydrogen (secondary N) is 1. The van der Waals surface area contributed by atoms with Gasteiger partial charge in [0, 0.05) is 12.1 Å². The van der Waals surface area contributed by atoms with Gasteiger partial charge in [0.15, 0.2) is 5.78 Å². The van der Waals surface area contributed by atoms with Crippen LogP contribution in [-0.4, -0.2) is 31.8 Å². The number of carbonyl (C=O) groups excluding carboxylic acids is 1. The van der Waals surface area contributed by atoms with Crippen molar-refractivity contribution in [3.63, 3.8) is 0 Å². The Bertz CT molecular complexity index is 948. The molecule has 0 aliphatic heterocycles. The van der Waals surface area contributed by atoms with Gasteiger partial charge in [-0.25, -0.2) is 13.1 Å². The molecule has 26 heavy (non-hydrogen) atoms. The molecule has 2 N–H and O–H groups in total. The second kappa shape index (κ2) is 8.55. The van der Waals surface area contributed by atoms with Gasteiger partial charge in [0.1, 0.15) is 0 Å². The maximum absolute atomic E-state index is 12.3. The van der Waals surface area contributed by atoms with Crippen LogP contribution in [0.4, 0.5) is 0 Å². The molecule has 0 heterocycles. The first-order chi connectivity index (χ1) is 12.3. The molecule has 0 amide bonds. The van der Waals surface area contributed by atoms with Gasteiger partial charge in [-0.3, -0.25) is 9.59 Å². The van der Waals surface area contributed by atoms with E-state index in [0.717, 1.165) is 11.1 Å². The molecule has 0 spiro atoms. The number of hydrogen-bond acceptors (Lipinski definition) is 4. The summed E-state index contributed by atoms with van der Waals surface area (Å²) in [4.78, 5) is 22.7. The number of sulfonamides is 1. The van der Waals surface area contributed by atoms with Crippen molar-refractivity contribution in [2.24, 2.45) is 0 Å². The molecule has 0 saturated carbocycles. The van der Waals surface area contributed by atoms with Gasteiger partial charge in [-0.1, -0.05) is 42.5 Å². The second-order valence-corrected chi connectivity index (χ2v) is 7.39. The highest BCUT2D eigenvalue weighted by Crippen LogP contribution is 2.14. The lowest BCUT2D eigenvalue weighted by molar-refractivity contribution is -0.136. The summed E-state index contributed by atoms with van der Waals surface area (Å²) in [7, 11) is -3.88. The lowest BCUT2D eigenvalue weighted by Crippen LogP contribution is -2.26. The van der Waals surface area contributed by atoms with E-state index in [0.29, 0.717) is 0 Å². The zero-order valence-corrected chi connectivity index (χ0v) is 15.0. The summed E-state index contributed by atoms with van der Waals surface area (Å²) in [5.41, 5.74) is 2.16. The van der Waals surface area contributed by atoms with Gasteiger partial charge in [0.25, 0.3) is 0 Å². The lowest BCUT2D eigenvalue weighted by Gasteiger charge is -2.06. The zero-order valence-electron chi connectivity index (χ0n) is 14.2. The number of aliphatic carboxylic acids is 1. The first-order valence-corrected chi connectivity index (χ1v) is 9.37. The van der Waals surface area contributed by atoms with Crippen LogP contribution < -0.4 is 4.72 Å². The van der Waals surface area contributed by atoms with Gasteiger partial charge in [-0.05, 0) is 36.3 Å². The van der Waals surface area contributed by atoms with E-state index < -0.39 is 16.0 Å². The Balaban J connectivity index is 2.16. The van der Waals surface area contributed by atoms with Crippen LogP contribution in [-0.2, 0) is 14.8 Å². The molecule has 0 atom stereocenters. The third kappa shape index (κ3) is 5.37. The number of allylic oxidation sites excluding steroid dienone is 1. The Labute approximate surface area is 152 Å². The molecule has 2 rings (SSSR count). The molecule has 6 nitrogen and oxygen atoms in total. The fourth-order valence-corrected chi connectivity index (χ4v) is 3.30. The summed E-state index contributed by atoms with van der Waals surface area (Å²) >= 11 is 0. The third-order valence-corrected chi connectivity index (χ3v) is 5.12. The van der Waals surface area contributed by atoms with E-state index in [1.165, 1.54) is 30.3 Å². The zero-order chi connectivity index (χ0) is 19.2. The van der Waals surface area contributed by atoms with Gasteiger partial charge in [0.2, 0.25) is 10.0 Å². The maximum Gasteiger partial charge on any atom is 0.304 e. The Hall–Kier alpha value is -2.77. The summed E-state index contributed by atoms with van der Waals surface area (Å²) < 4.78 is 26.6. The minimum absolute atomic E-state index is 0.0852. The van der Waals surface area contributed by atoms with Crippen molar-refractivity contribution < 1.29 is 23.1 Å². The van der Waals surface area contributed by atoms with E-state index in [4.69, 9.17) is 5.11 Å². The van der Waals surface area contributed by atoms with Gasteiger partial charge in [-0.2, -0.15) is 0 Å². The highest BCUT2D eigenvalue weighted by Gasteiger charge is 2.15. The topological polar surface area (TPSA) is 101 Å². The largest absolute Gasteiger partial charge is 0.481 e. The van der Waals surface area contributed by atoms with Crippen molar-refractivity contribution in [3.8, 4) is 0 Å². The number of ketones is 1. The molecular formula is C19H19NO5S. The first kappa shape index (κ1) is 19.6. The van der Waals surface area contributed by atoms with E-state index in [1.807, 2.05) is 31.2 Å². The predicted octanol–water partition coefficient (Wildman–Crippen LogP) is 2.64. The number of carboxylic acids is 1. The van der Waals surface area contributed by atoms with Crippen LogP contribution in [0.15, 0.2) is 59.5 Å². The average Bonchev–Trinajstić information content (AvgIpc) is 2.60. The van der Waals surface area contributed by atoms with Crippen LogP contribution in [0.5, 0.6) is 0 Å². The van der Waals surface area contributed by atoms with E-state index >= 15 is 0 Å². The Kier molecular flexibility index (Phi) is 6.43. The Morgan fingerprint density at radius 1 is 1.12 bits per heavy atom. The quantitative estimate of drug-likeness (QED) is 0.547. The molecule has 0 radical (unpaired) electrons. The molecule has 0 aliphatic rings. The summed E-state index contributed by atoms with van der Waals surface area (Å²) in [6, 6.07) is 13.2. The predicted molar refractivity (Wildman–Crippen MR) is 98.4 cm³/mol. The molecular weight excluding hydrogens is 354 g/mol. The number of carboxylic acid groups (broad SMARTS) is 1. The molecule has 0 aliphatic carbocycles. The minimum atomic E-state index is -3.88. The number of benzene rings is 2. The fraction of sp³-hybridized carbons (Fsp3) is 0.158. The SMILES string of the molecule is Cc1ccccc1/C=C/C(=O)c1cccc(S(=O)(=O)NCCC(=O)O)c1. The van der Waals surface area contributed by atoms with Crippen LogP contribution in [0.2, 0.25) is 0 Å². The molecule has 2 aromatic carbocycles. The molecule has 0 aromatic heterocycles. The van der Waals surface area contributed by atoms with Crippen molar-refractivity contribution in [3.05, 3.63) is 71.3 Å². The fourth-order valence-electron chi connectivity index (χ4n) is 2.23. The van der Waals surface area contributed by atoms with E-state index in [1.54, 1.807) is 6.08 Å². The average molecular weight is 373 g/mol. The summed E-state index contributed by atoms with van der Waals surface area (Å²) in [5.74, 6) is -1.42. The number of aryl methyl sites for hydroxylation is 1. The summed E-state index contributed by atoms with van der Waals surface area (Å²) in [6.07, 6.45) is 2.76. The van der Waals surface area contributed by atoms with Gasteiger partial charge in [-0.15, -0.1) is 0 Å². The molecule has 2 aromatic rings. The van der Waals surface area contributed by atoms with Crippen LogP contribution in [0.25, 0.3) is 6.08 Å². The van der Waals surface area contributed by atoms with Crippen molar-refractivity contribution in [2.45, 2.75) is 18.2 Å². The van der Waals surface area contributed by atoms with Crippen molar-refractivity contribution in [1.82, 2.24) is 4.72 Å². The number of rotatable bonds is 8. The van der Waals surface area contributed by atoms with Crippen LogP contribution >= 0.6 is 0 Å². The third-order valence-electron chi connectivity index (χ3n) is 3.66.